The molecule has 9 heteroatoms. The number of rotatable bonds is 5. The smallest absolute Gasteiger partial charge is 0.141 e. The lowest BCUT2D eigenvalue weighted by Gasteiger charge is -2.28. The van der Waals surface area contributed by atoms with Crippen LogP contribution in [-0.4, -0.2) is 43.4 Å². The van der Waals surface area contributed by atoms with Gasteiger partial charge in [-0.25, -0.2) is 9.97 Å². The van der Waals surface area contributed by atoms with Gasteiger partial charge in [-0.15, -0.1) is 0 Å². The van der Waals surface area contributed by atoms with Gasteiger partial charge in [-0.05, 0) is 12.1 Å². The van der Waals surface area contributed by atoms with E-state index < -0.39 is 0 Å². The fraction of sp³-hybridized carbons (Fsp3) is 0.263. The van der Waals surface area contributed by atoms with Crippen LogP contribution in [0.15, 0.2) is 24.4 Å². The number of anilines is 2. The van der Waals surface area contributed by atoms with Gasteiger partial charge in [0.25, 0.3) is 0 Å². The summed E-state index contributed by atoms with van der Waals surface area (Å²) >= 11 is 13.1. The van der Waals surface area contributed by atoms with E-state index in [0.717, 1.165) is 10.8 Å². The summed E-state index contributed by atoms with van der Waals surface area (Å²) in [6.07, 6.45) is 1.69. The molecule has 0 amide bonds. The number of methoxy groups -OCH3 is 2. The molecule has 3 aromatic rings. The Morgan fingerprint density at radius 3 is 2.36 bits per heavy atom. The molecule has 7 nitrogen and oxygen atoms in total. The molecule has 0 saturated carbocycles. The van der Waals surface area contributed by atoms with Gasteiger partial charge in [0.1, 0.15) is 23.1 Å². The number of ether oxygens (including phenoxy) is 3. The van der Waals surface area contributed by atoms with Crippen molar-refractivity contribution in [2.75, 3.05) is 38.5 Å². The number of nitrogens with one attached hydrogen (secondary N) is 1. The molecular formula is C19H18Cl2N4O3. The predicted molar refractivity (Wildman–Crippen MR) is 111 cm³/mol. The minimum absolute atomic E-state index is 0.172. The molecule has 1 saturated heterocycles. The van der Waals surface area contributed by atoms with Crippen molar-refractivity contribution in [2.45, 2.75) is 6.04 Å². The van der Waals surface area contributed by atoms with Crippen LogP contribution < -0.4 is 20.5 Å². The van der Waals surface area contributed by atoms with Crippen LogP contribution in [0.25, 0.3) is 22.0 Å². The molecule has 2 aromatic heterocycles. The Morgan fingerprint density at radius 2 is 1.79 bits per heavy atom. The van der Waals surface area contributed by atoms with Crippen LogP contribution in [-0.2, 0) is 4.74 Å². The molecule has 0 radical (unpaired) electrons. The molecule has 0 unspecified atom stereocenters. The largest absolute Gasteiger partial charge is 0.495 e. The maximum absolute atomic E-state index is 6.57. The fourth-order valence-electron chi connectivity index (χ4n) is 3.02. The summed E-state index contributed by atoms with van der Waals surface area (Å²) in [5, 5.41) is 5.78. The van der Waals surface area contributed by atoms with Gasteiger partial charge in [-0.3, -0.25) is 0 Å². The summed E-state index contributed by atoms with van der Waals surface area (Å²) in [5.41, 5.74) is 6.96. The van der Waals surface area contributed by atoms with Crippen molar-refractivity contribution in [2.24, 2.45) is 0 Å². The van der Waals surface area contributed by atoms with E-state index >= 15 is 0 Å². The van der Waals surface area contributed by atoms with Crippen LogP contribution in [0, 0.1) is 0 Å². The summed E-state index contributed by atoms with van der Waals surface area (Å²) in [5.74, 6) is 1.95. The van der Waals surface area contributed by atoms with E-state index in [9.17, 15) is 0 Å². The molecule has 0 bridgehead atoms. The third-order valence-corrected chi connectivity index (χ3v) is 5.29. The second kappa shape index (κ2) is 7.50. The van der Waals surface area contributed by atoms with Crippen LogP contribution in [0.5, 0.6) is 11.5 Å². The lowest BCUT2D eigenvalue weighted by atomic mass is 10.1. The first kappa shape index (κ1) is 18.9. The lowest BCUT2D eigenvalue weighted by Crippen LogP contribution is -2.40. The zero-order valence-corrected chi connectivity index (χ0v) is 16.8. The second-order valence-electron chi connectivity index (χ2n) is 6.35. The number of hydrogen-bond donors (Lipinski definition) is 2. The molecule has 4 rings (SSSR count). The molecule has 28 heavy (non-hydrogen) atoms. The van der Waals surface area contributed by atoms with Crippen molar-refractivity contribution in [3.05, 3.63) is 34.4 Å². The van der Waals surface area contributed by atoms with E-state index in [0.29, 0.717) is 57.7 Å². The van der Waals surface area contributed by atoms with Crippen molar-refractivity contribution >= 4 is 45.6 Å². The Morgan fingerprint density at radius 1 is 1.11 bits per heavy atom. The van der Waals surface area contributed by atoms with Crippen molar-refractivity contribution < 1.29 is 14.2 Å². The molecule has 1 aliphatic rings. The van der Waals surface area contributed by atoms with Gasteiger partial charge in [-0.1, -0.05) is 23.2 Å². The molecule has 0 aliphatic carbocycles. The van der Waals surface area contributed by atoms with Crippen molar-refractivity contribution in [1.29, 1.82) is 0 Å². The topological polar surface area (TPSA) is 91.5 Å². The zero-order valence-electron chi connectivity index (χ0n) is 15.3. The van der Waals surface area contributed by atoms with Gasteiger partial charge in [-0.2, -0.15) is 0 Å². The molecule has 3 N–H and O–H groups in total. The maximum Gasteiger partial charge on any atom is 0.141 e. The quantitative estimate of drug-likeness (QED) is 0.643. The third kappa shape index (κ3) is 3.26. The highest BCUT2D eigenvalue weighted by Crippen LogP contribution is 2.46. The number of hydrogen-bond acceptors (Lipinski definition) is 7. The molecule has 146 valence electrons. The summed E-state index contributed by atoms with van der Waals surface area (Å²) in [6, 6.07) is 5.45. The standard InChI is InChI=1S/C19H18Cl2N4O3/c1-26-13-5-14(27-2)18(21)16(17(13)20)12-3-9-6-23-15(22)4-11(9)19(25-12)24-10-7-28-8-10/h3-6,10H,7-8H2,1-2H3,(H2,22,23)(H,24,25). The molecule has 3 heterocycles. The molecule has 1 fully saturated rings. The highest BCUT2D eigenvalue weighted by atomic mass is 35.5. The molecule has 0 atom stereocenters. The summed E-state index contributed by atoms with van der Waals surface area (Å²) in [6.45, 7) is 1.23. The summed E-state index contributed by atoms with van der Waals surface area (Å²) < 4.78 is 16.0. The normalized spacial score (nSPS) is 14.0. The Balaban J connectivity index is 1.95. The number of aromatic nitrogens is 2. The lowest BCUT2D eigenvalue weighted by molar-refractivity contribution is 0.0210. The SMILES string of the molecule is COc1cc(OC)c(Cl)c(-c2cc3cnc(N)cc3c(NC3COC3)n2)c1Cl. The number of pyridine rings is 2. The summed E-state index contributed by atoms with van der Waals surface area (Å²) in [7, 11) is 3.06. The number of nitrogens with zero attached hydrogens (tertiary/aromatic N) is 2. The highest BCUT2D eigenvalue weighted by molar-refractivity contribution is 6.41. The Labute approximate surface area is 171 Å². The highest BCUT2D eigenvalue weighted by Gasteiger charge is 2.23. The first-order chi connectivity index (χ1) is 13.5. The van der Waals surface area contributed by atoms with Crippen LogP contribution in [0.4, 0.5) is 11.6 Å². The van der Waals surface area contributed by atoms with E-state index in [-0.39, 0.29) is 6.04 Å². The fourth-order valence-corrected chi connectivity index (χ4v) is 3.72. The van der Waals surface area contributed by atoms with Crippen LogP contribution in [0.1, 0.15) is 0 Å². The monoisotopic (exact) mass is 420 g/mol. The van der Waals surface area contributed by atoms with Gasteiger partial charge >= 0.3 is 0 Å². The third-order valence-electron chi connectivity index (χ3n) is 4.54. The van der Waals surface area contributed by atoms with Crippen LogP contribution in [0.3, 0.4) is 0 Å². The Kier molecular flexibility index (Phi) is 5.05. The van der Waals surface area contributed by atoms with Gasteiger partial charge in [0.2, 0.25) is 0 Å². The predicted octanol–water partition coefficient (Wildman–Crippen LogP) is 4.01. The first-order valence-electron chi connectivity index (χ1n) is 8.52. The van der Waals surface area contributed by atoms with E-state index in [2.05, 4.69) is 10.3 Å². The summed E-state index contributed by atoms with van der Waals surface area (Å²) in [4.78, 5) is 8.97. The average molecular weight is 421 g/mol. The van der Waals surface area contributed by atoms with Gasteiger partial charge in [0.15, 0.2) is 0 Å². The number of halogens is 2. The van der Waals surface area contributed by atoms with Gasteiger partial charge < -0.3 is 25.3 Å². The van der Waals surface area contributed by atoms with Crippen LogP contribution in [0.2, 0.25) is 10.0 Å². The van der Waals surface area contributed by atoms with Crippen molar-refractivity contribution in [3.63, 3.8) is 0 Å². The molecular weight excluding hydrogens is 403 g/mol. The van der Waals surface area contributed by atoms with Gasteiger partial charge in [0.05, 0.1) is 49.2 Å². The average Bonchev–Trinajstić information content (AvgIpc) is 2.65. The first-order valence-corrected chi connectivity index (χ1v) is 9.28. The maximum atomic E-state index is 6.57. The number of nitrogens with two attached hydrogens (primary N) is 1. The second-order valence-corrected chi connectivity index (χ2v) is 7.11. The van der Waals surface area contributed by atoms with Crippen molar-refractivity contribution in [3.8, 4) is 22.8 Å². The zero-order chi connectivity index (χ0) is 19.8. The van der Waals surface area contributed by atoms with Gasteiger partial charge in [0, 0.05) is 28.6 Å². The minimum atomic E-state index is 0.172. The minimum Gasteiger partial charge on any atom is -0.495 e. The van der Waals surface area contributed by atoms with Crippen molar-refractivity contribution in [1.82, 2.24) is 9.97 Å². The Hall–Kier alpha value is -2.48. The van der Waals surface area contributed by atoms with E-state index in [1.807, 2.05) is 6.07 Å². The number of nitrogen functional groups attached to an aromatic ring is 1. The molecule has 1 aliphatic heterocycles. The molecule has 1 aromatic carbocycles. The molecule has 0 spiro atoms. The Bertz CT molecular complexity index is 1030. The van der Waals surface area contributed by atoms with E-state index in [1.165, 1.54) is 14.2 Å². The van der Waals surface area contributed by atoms with E-state index in [4.69, 9.17) is 48.1 Å². The van der Waals surface area contributed by atoms with E-state index in [1.54, 1.807) is 18.3 Å². The number of benzene rings is 1. The number of fused-ring (bicyclic) bond motifs is 1. The van der Waals surface area contributed by atoms with Crippen LogP contribution >= 0.6 is 23.2 Å².